The standard InChI is InChI=1S/C8H10F3N5S/c1-4(12)2-3-5-15-16-6(8(9,10)11)13-14-7(16)17-5/h4H,2-3,12H2,1H3. The molecule has 0 saturated carbocycles. The lowest BCUT2D eigenvalue weighted by molar-refractivity contribution is -0.146. The normalized spacial score (nSPS) is 14.4. The molecule has 0 aliphatic rings. The molecule has 0 spiro atoms. The van der Waals surface area contributed by atoms with Crippen molar-refractivity contribution in [1.29, 1.82) is 0 Å². The maximum absolute atomic E-state index is 12.5. The molecule has 2 aromatic rings. The lowest BCUT2D eigenvalue weighted by Crippen LogP contribution is -2.15. The Labute approximate surface area is 98.4 Å². The fourth-order valence-electron chi connectivity index (χ4n) is 1.29. The third kappa shape index (κ3) is 2.55. The van der Waals surface area contributed by atoms with Crippen LogP contribution in [0.3, 0.4) is 0 Å². The van der Waals surface area contributed by atoms with Gasteiger partial charge in [-0.1, -0.05) is 11.3 Å². The minimum Gasteiger partial charge on any atom is -0.328 e. The van der Waals surface area contributed by atoms with E-state index in [1.165, 1.54) is 0 Å². The van der Waals surface area contributed by atoms with Crippen molar-refractivity contribution in [3.8, 4) is 0 Å². The van der Waals surface area contributed by atoms with Crippen LogP contribution in [0.5, 0.6) is 0 Å². The van der Waals surface area contributed by atoms with Gasteiger partial charge in [0.1, 0.15) is 5.01 Å². The maximum Gasteiger partial charge on any atom is 0.453 e. The first-order valence-electron chi connectivity index (χ1n) is 4.92. The predicted octanol–water partition coefficient (Wildman–Crippen LogP) is 1.48. The van der Waals surface area contributed by atoms with Gasteiger partial charge < -0.3 is 5.73 Å². The average molecular weight is 265 g/mol. The number of nitrogens with two attached hydrogens (primary N) is 1. The molecule has 2 rings (SSSR count). The van der Waals surface area contributed by atoms with Crippen LogP contribution in [0.2, 0.25) is 0 Å². The second-order valence-electron chi connectivity index (χ2n) is 3.73. The minimum absolute atomic E-state index is 0.00793. The van der Waals surface area contributed by atoms with Crippen LogP contribution in [-0.2, 0) is 12.6 Å². The van der Waals surface area contributed by atoms with Gasteiger partial charge in [0.15, 0.2) is 0 Å². The van der Waals surface area contributed by atoms with Crippen LogP contribution in [-0.4, -0.2) is 25.9 Å². The van der Waals surface area contributed by atoms with Crippen LogP contribution in [0.4, 0.5) is 13.2 Å². The quantitative estimate of drug-likeness (QED) is 0.912. The molecule has 1 unspecified atom stereocenters. The molecule has 9 heteroatoms. The van der Waals surface area contributed by atoms with E-state index in [-0.39, 0.29) is 11.0 Å². The Morgan fingerprint density at radius 3 is 2.71 bits per heavy atom. The van der Waals surface area contributed by atoms with E-state index in [2.05, 4.69) is 15.3 Å². The van der Waals surface area contributed by atoms with Crippen molar-refractivity contribution < 1.29 is 13.2 Å². The van der Waals surface area contributed by atoms with E-state index in [1.807, 2.05) is 6.92 Å². The molecule has 1 atom stereocenters. The first kappa shape index (κ1) is 12.2. The molecule has 2 aromatic heterocycles. The molecule has 5 nitrogen and oxygen atoms in total. The van der Waals surface area contributed by atoms with Crippen molar-refractivity contribution in [2.24, 2.45) is 5.73 Å². The predicted molar refractivity (Wildman–Crippen MR) is 55.6 cm³/mol. The van der Waals surface area contributed by atoms with E-state index in [0.29, 0.717) is 17.8 Å². The summed E-state index contributed by atoms with van der Waals surface area (Å²) in [5.74, 6) is -1.09. The molecule has 0 aromatic carbocycles. The second-order valence-corrected chi connectivity index (χ2v) is 4.77. The van der Waals surface area contributed by atoms with Gasteiger partial charge in [-0.3, -0.25) is 0 Å². The topological polar surface area (TPSA) is 69.1 Å². The highest BCUT2D eigenvalue weighted by Crippen LogP contribution is 2.29. The summed E-state index contributed by atoms with van der Waals surface area (Å²) < 4.78 is 38.2. The highest BCUT2D eigenvalue weighted by Gasteiger charge is 2.38. The Hall–Kier alpha value is -1.22. The molecule has 0 aliphatic carbocycles. The van der Waals surface area contributed by atoms with Crippen molar-refractivity contribution in [2.45, 2.75) is 32.0 Å². The van der Waals surface area contributed by atoms with Crippen LogP contribution >= 0.6 is 11.3 Å². The van der Waals surface area contributed by atoms with Crippen molar-refractivity contribution in [1.82, 2.24) is 19.8 Å². The Balaban J connectivity index is 2.29. The number of aryl methyl sites for hydroxylation is 1. The molecule has 0 fully saturated rings. The zero-order chi connectivity index (χ0) is 12.6. The molecule has 0 bridgehead atoms. The largest absolute Gasteiger partial charge is 0.453 e. The van der Waals surface area contributed by atoms with Crippen molar-refractivity contribution in [3.63, 3.8) is 0 Å². The summed E-state index contributed by atoms with van der Waals surface area (Å²) in [7, 11) is 0. The molecule has 2 heterocycles. The fraction of sp³-hybridized carbons (Fsp3) is 0.625. The van der Waals surface area contributed by atoms with Gasteiger partial charge in [0.2, 0.25) is 4.96 Å². The lowest BCUT2D eigenvalue weighted by Gasteiger charge is -2.01. The van der Waals surface area contributed by atoms with Gasteiger partial charge in [0, 0.05) is 12.5 Å². The van der Waals surface area contributed by atoms with Crippen molar-refractivity contribution >= 4 is 16.3 Å². The number of nitrogens with zero attached hydrogens (tertiary/aromatic N) is 4. The third-order valence-corrected chi connectivity index (χ3v) is 3.06. The van der Waals surface area contributed by atoms with Crippen LogP contribution in [0.1, 0.15) is 24.2 Å². The van der Waals surface area contributed by atoms with Crippen molar-refractivity contribution in [2.75, 3.05) is 0 Å². The Morgan fingerprint density at radius 2 is 2.12 bits per heavy atom. The minimum atomic E-state index is -4.54. The molecular formula is C8H10F3N5S. The Kier molecular flexibility index (Phi) is 3.04. The molecule has 0 saturated heterocycles. The summed E-state index contributed by atoms with van der Waals surface area (Å²) in [4.78, 5) is 0.150. The van der Waals surface area contributed by atoms with Crippen LogP contribution in [0.15, 0.2) is 0 Å². The van der Waals surface area contributed by atoms with Crippen LogP contribution in [0, 0.1) is 0 Å². The molecule has 0 aliphatic heterocycles. The molecular weight excluding hydrogens is 255 g/mol. The van der Waals surface area contributed by atoms with Gasteiger partial charge in [-0.15, -0.1) is 10.2 Å². The molecule has 2 N–H and O–H groups in total. The molecule has 0 radical (unpaired) electrons. The van der Waals surface area contributed by atoms with E-state index >= 15 is 0 Å². The molecule has 0 amide bonds. The number of halogens is 3. The number of alkyl halides is 3. The summed E-state index contributed by atoms with van der Waals surface area (Å²) in [6, 6.07) is -0.00793. The van der Waals surface area contributed by atoms with Crippen LogP contribution in [0.25, 0.3) is 4.96 Å². The highest BCUT2D eigenvalue weighted by molar-refractivity contribution is 7.16. The maximum atomic E-state index is 12.5. The fourth-order valence-corrected chi connectivity index (χ4v) is 2.13. The van der Waals surface area contributed by atoms with Gasteiger partial charge in [-0.25, -0.2) is 0 Å². The van der Waals surface area contributed by atoms with E-state index in [0.717, 1.165) is 15.9 Å². The first-order chi connectivity index (χ1) is 7.88. The zero-order valence-corrected chi connectivity index (χ0v) is 9.72. The smallest absolute Gasteiger partial charge is 0.328 e. The monoisotopic (exact) mass is 265 g/mol. The summed E-state index contributed by atoms with van der Waals surface area (Å²) >= 11 is 1.10. The highest BCUT2D eigenvalue weighted by atomic mass is 32.1. The van der Waals surface area contributed by atoms with E-state index in [9.17, 15) is 13.2 Å². The number of fused-ring (bicyclic) bond motifs is 1. The summed E-state index contributed by atoms with van der Waals surface area (Å²) in [5, 5.41) is 11.0. The summed E-state index contributed by atoms with van der Waals surface area (Å²) in [6.07, 6.45) is -3.32. The number of aromatic nitrogens is 4. The lowest BCUT2D eigenvalue weighted by atomic mass is 10.2. The van der Waals surface area contributed by atoms with Gasteiger partial charge in [0.25, 0.3) is 5.82 Å². The number of hydrogen-bond acceptors (Lipinski definition) is 5. The zero-order valence-electron chi connectivity index (χ0n) is 8.90. The van der Waals surface area contributed by atoms with Crippen LogP contribution < -0.4 is 5.73 Å². The third-order valence-electron chi connectivity index (χ3n) is 2.10. The van der Waals surface area contributed by atoms with Gasteiger partial charge in [-0.2, -0.15) is 22.8 Å². The Bertz CT molecular complexity index is 515. The second kappa shape index (κ2) is 4.22. The summed E-state index contributed by atoms with van der Waals surface area (Å²) in [6.45, 7) is 1.83. The van der Waals surface area contributed by atoms with E-state index in [1.54, 1.807) is 0 Å². The molecule has 17 heavy (non-hydrogen) atoms. The summed E-state index contributed by atoms with van der Waals surface area (Å²) in [5.41, 5.74) is 5.57. The SMILES string of the molecule is CC(N)CCc1nn2c(C(F)(F)F)nnc2s1. The van der Waals surface area contributed by atoms with Gasteiger partial charge in [0.05, 0.1) is 0 Å². The Morgan fingerprint density at radius 1 is 1.41 bits per heavy atom. The average Bonchev–Trinajstić information content (AvgIpc) is 2.70. The van der Waals surface area contributed by atoms with E-state index < -0.39 is 12.0 Å². The van der Waals surface area contributed by atoms with Gasteiger partial charge in [-0.05, 0) is 13.3 Å². The van der Waals surface area contributed by atoms with E-state index in [4.69, 9.17) is 5.73 Å². The molecule has 94 valence electrons. The number of hydrogen-bond donors (Lipinski definition) is 1. The van der Waals surface area contributed by atoms with Crippen molar-refractivity contribution in [3.05, 3.63) is 10.8 Å². The van der Waals surface area contributed by atoms with Gasteiger partial charge >= 0.3 is 6.18 Å². The first-order valence-corrected chi connectivity index (χ1v) is 5.73. The number of rotatable bonds is 3.